The summed E-state index contributed by atoms with van der Waals surface area (Å²) in [5.74, 6) is -0.347. The zero-order chi connectivity index (χ0) is 29.5. The second-order valence-corrected chi connectivity index (χ2v) is 11.6. The molecule has 0 atom stereocenters. The monoisotopic (exact) mass is 590 g/mol. The second-order valence-electron chi connectivity index (χ2n) is 8.78. The first-order valence-electron chi connectivity index (χ1n) is 11.7. The lowest BCUT2D eigenvalue weighted by Gasteiger charge is -2.17. The number of carbonyl (C=O) groups is 1. The third kappa shape index (κ3) is 5.32. The number of aliphatic imine (C=N–C) groups is 1. The van der Waals surface area contributed by atoms with Gasteiger partial charge in [-0.25, -0.2) is 4.98 Å². The number of fused-ring (bicyclic) bond motifs is 3. The van der Waals surface area contributed by atoms with E-state index in [-0.39, 0.29) is 51.1 Å². The number of nitrogens with zero attached hydrogens (tertiary/aromatic N) is 6. The Morgan fingerprint density at radius 3 is 2.24 bits per heavy atom. The molecular weight excluding hydrogens is 572 g/mol. The molecule has 2 N–H and O–H groups in total. The molecule has 13 nitrogen and oxygen atoms in total. The minimum absolute atomic E-state index is 0.0407. The minimum atomic E-state index is -4.75. The normalized spacial score (nSPS) is 15.1. The third-order valence-electron chi connectivity index (χ3n) is 6.18. The molecule has 0 saturated heterocycles. The summed E-state index contributed by atoms with van der Waals surface area (Å²) in [6.45, 7) is 1.22. The van der Waals surface area contributed by atoms with Gasteiger partial charge in [0.15, 0.2) is 5.82 Å². The van der Waals surface area contributed by atoms with Gasteiger partial charge in [-0.3, -0.25) is 23.5 Å². The Morgan fingerprint density at radius 1 is 0.927 bits per heavy atom. The Balaban J connectivity index is 1.49. The molecule has 4 aromatic rings. The van der Waals surface area contributed by atoms with Crippen LogP contribution in [0.25, 0.3) is 16.6 Å². The van der Waals surface area contributed by atoms with Crippen LogP contribution in [0.2, 0.25) is 0 Å². The summed E-state index contributed by atoms with van der Waals surface area (Å²) in [7, 11) is -9.14. The molecule has 0 saturated carbocycles. The van der Waals surface area contributed by atoms with Crippen molar-refractivity contribution in [3.05, 3.63) is 83.7 Å². The number of benzene rings is 3. The highest BCUT2D eigenvalue weighted by Gasteiger charge is 2.32. The van der Waals surface area contributed by atoms with E-state index in [0.29, 0.717) is 11.0 Å². The van der Waals surface area contributed by atoms with Gasteiger partial charge in [-0.15, -0.1) is 0 Å². The number of nitriles is 1. The Bertz CT molecular complexity index is 2110. The first kappa shape index (κ1) is 27.7. The lowest BCUT2D eigenvalue weighted by atomic mass is 10.0. The highest BCUT2D eigenvalue weighted by atomic mass is 32.2. The zero-order valence-electron chi connectivity index (χ0n) is 21.0. The van der Waals surface area contributed by atoms with Crippen molar-refractivity contribution in [2.45, 2.75) is 23.3 Å². The van der Waals surface area contributed by atoms with Gasteiger partial charge in [0.25, 0.3) is 26.1 Å². The molecule has 0 amide bonds. The Labute approximate surface area is 233 Å². The van der Waals surface area contributed by atoms with Gasteiger partial charge in [0.1, 0.15) is 22.2 Å². The summed E-state index contributed by atoms with van der Waals surface area (Å²) in [5, 5.41) is 17.6. The number of hydrogen-bond acceptors (Lipinski definition) is 10. The molecule has 206 valence electrons. The molecule has 0 radical (unpaired) electrons. The molecule has 1 aliphatic heterocycles. The fourth-order valence-electron chi connectivity index (χ4n) is 4.21. The minimum Gasteiger partial charge on any atom is -0.282 e. The van der Waals surface area contributed by atoms with Gasteiger partial charge in [0.2, 0.25) is 0 Å². The van der Waals surface area contributed by atoms with E-state index >= 15 is 0 Å². The average Bonchev–Trinajstić information content (AvgIpc) is 3.31. The number of hydrogen-bond donors (Lipinski definition) is 2. The van der Waals surface area contributed by atoms with Crippen LogP contribution < -0.4 is 0 Å². The molecule has 41 heavy (non-hydrogen) atoms. The van der Waals surface area contributed by atoms with Gasteiger partial charge in [-0.1, -0.05) is 18.2 Å². The van der Waals surface area contributed by atoms with Crippen LogP contribution in [0, 0.1) is 11.3 Å². The summed E-state index contributed by atoms with van der Waals surface area (Å²) in [5.41, 5.74) is 1.67. The maximum Gasteiger partial charge on any atom is 0.294 e. The van der Waals surface area contributed by atoms with Crippen molar-refractivity contribution in [3.63, 3.8) is 0 Å². The number of azo groups is 1. The SMILES string of the molecule is CC1=C(C#N)c2nc3ccccc3n2C(=O)C1=NCc1ccc(N=Nc2ccc(S(=O)(=O)O)cc2)cc1S(=O)(=O)O. The fourth-order valence-corrected chi connectivity index (χ4v) is 5.43. The quantitative estimate of drug-likeness (QED) is 0.238. The van der Waals surface area contributed by atoms with Gasteiger partial charge < -0.3 is 0 Å². The molecule has 0 bridgehead atoms. The van der Waals surface area contributed by atoms with Crippen molar-refractivity contribution >= 4 is 59.8 Å². The average molecular weight is 591 g/mol. The van der Waals surface area contributed by atoms with Gasteiger partial charge in [-0.05, 0) is 61.0 Å². The lowest BCUT2D eigenvalue weighted by molar-refractivity contribution is 0.0992. The first-order valence-corrected chi connectivity index (χ1v) is 14.5. The van der Waals surface area contributed by atoms with E-state index in [0.717, 1.165) is 18.2 Å². The van der Waals surface area contributed by atoms with Crippen molar-refractivity contribution in [1.82, 2.24) is 9.55 Å². The van der Waals surface area contributed by atoms with Crippen LogP contribution in [-0.2, 0) is 26.8 Å². The molecule has 15 heteroatoms. The first-order chi connectivity index (χ1) is 19.4. The molecule has 0 spiro atoms. The van der Waals surface area contributed by atoms with Gasteiger partial charge in [-0.2, -0.15) is 32.3 Å². The molecule has 0 fully saturated rings. The number of carbonyl (C=O) groups excluding carboxylic acids is 1. The summed E-state index contributed by atoms with van der Waals surface area (Å²) in [6, 6.07) is 17.5. The summed E-state index contributed by atoms with van der Waals surface area (Å²) in [4.78, 5) is 21.3. The third-order valence-corrected chi connectivity index (χ3v) is 7.99. The largest absolute Gasteiger partial charge is 0.294 e. The summed E-state index contributed by atoms with van der Waals surface area (Å²) < 4.78 is 66.9. The number of para-hydroxylation sites is 2. The summed E-state index contributed by atoms with van der Waals surface area (Å²) in [6.07, 6.45) is 0. The van der Waals surface area contributed by atoms with Crippen molar-refractivity contribution in [3.8, 4) is 6.07 Å². The van der Waals surface area contributed by atoms with Gasteiger partial charge >= 0.3 is 0 Å². The van der Waals surface area contributed by atoms with Crippen LogP contribution in [0.1, 0.15) is 23.1 Å². The van der Waals surface area contributed by atoms with Crippen molar-refractivity contribution in [2.24, 2.45) is 15.2 Å². The van der Waals surface area contributed by atoms with E-state index in [1.165, 1.54) is 28.8 Å². The predicted molar refractivity (Wildman–Crippen MR) is 146 cm³/mol. The van der Waals surface area contributed by atoms with Gasteiger partial charge in [0.05, 0.1) is 33.8 Å². The zero-order valence-corrected chi connectivity index (χ0v) is 22.6. The Hall–Kier alpha value is -4.88. The summed E-state index contributed by atoms with van der Waals surface area (Å²) >= 11 is 0. The van der Waals surface area contributed by atoms with E-state index < -0.39 is 31.0 Å². The fraction of sp³-hybridized carbons (Fsp3) is 0.0769. The standard InChI is InChI=1S/C26H18N6O7S2/c1-15-20(13-27)25-29-21-4-2-3-5-22(21)32(25)26(33)24(15)28-14-16-6-7-18(12-23(16)41(37,38)39)31-30-17-8-10-19(11-9-17)40(34,35)36/h2-12H,14H2,1H3,(H,34,35,36)(H,37,38,39). The van der Waals surface area contributed by atoms with E-state index in [9.17, 15) is 31.4 Å². The molecule has 3 aromatic carbocycles. The molecule has 1 aliphatic rings. The topological polar surface area (TPSA) is 204 Å². The molecule has 1 aromatic heterocycles. The number of rotatable bonds is 6. The number of imidazole rings is 1. The van der Waals surface area contributed by atoms with E-state index in [1.54, 1.807) is 31.2 Å². The van der Waals surface area contributed by atoms with Crippen molar-refractivity contribution < 1.29 is 30.7 Å². The van der Waals surface area contributed by atoms with Crippen LogP contribution in [0.3, 0.4) is 0 Å². The highest BCUT2D eigenvalue weighted by molar-refractivity contribution is 7.86. The smallest absolute Gasteiger partial charge is 0.282 e. The van der Waals surface area contributed by atoms with Crippen LogP contribution in [0.4, 0.5) is 11.4 Å². The maximum atomic E-state index is 13.4. The van der Waals surface area contributed by atoms with E-state index in [4.69, 9.17) is 4.55 Å². The van der Waals surface area contributed by atoms with Crippen LogP contribution in [-0.4, -0.2) is 47.1 Å². The van der Waals surface area contributed by atoms with Gasteiger partial charge in [0, 0.05) is 5.57 Å². The van der Waals surface area contributed by atoms with E-state index in [1.807, 2.05) is 0 Å². The number of allylic oxidation sites excluding steroid dienone is 2. The Morgan fingerprint density at radius 2 is 1.59 bits per heavy atom. The lowest BCUT2D eigenvalue weighted by Crippen LogP contribution is -2.29. The molecule has 0 aliphatic carbocycles. The molecule has 2 heterocycles. The van der Waals surface area contributed by atoms with Crippen LogP contribution in [0.15, 0.2) is 97.3 Å². The molecule has 5 rings (SSSR count). The second kappa shape index (κ2) is 10.3. The van der Waals surface area contributed by atoms with Crippen molar-refractivity contribution in [2.75, 3.05) is 0 Å². The van der Waals surface area contributed by atoms with Crippen LogP contribution >= 0.6 is 0 Å². The Kier molecular flexibility index (Phi) is 6.93. The van der Waals surface area contributed by atoms with Crippen molar-refractivity contribution in [1.29, 1.82) is 5.26 Å². The highest BCUT2D eigenvalue weighted by Crippen LogP contribution is 2.30. The van der Waals surface area contributed by atoms with E-state index in [2.05, 4.69) is 26.3 Å². The molecule has 0 unspecified atom stereocenters. The number of aromatic nitrogens is 2. The maximum absolute atomic E-state index is 13.4. The molecular formula is C26H18N6O7S2. The predicted octanol–water partition coefficient (Wildman–Crippen LogP) is 4.54. The van der Waals surface area contributed by atoms with Crippen LogP contribution in [0.5, 0.6) is 0 Å².